The summed E-state index contributed by atoms with van der Waals surface area (Å²) in [7, 11) is 1.53. The number of halogens is 1. The fourth-order valence-electron chi connectivity index (χ4n) is 11.1. The average Bonchev–Trinajstić information content (AvgIpc) is 2.79. The molecule has 4 fully saturated rings. The summed E-state index contributed by atoms with van der Waals surface area (Å²) in [6.45, 7) is 14.4. The second kappa shape index (κ2) is 8.18. The molecule has 0 aromatic carbocycles. The van der Waals surface area contributed by atoms with Crippen LogP contribution in [0, 0.1) is 56.7 Å². The predicted molar refractivity (Wildman–Crippen MR) is 144 cm³/mol. The number of fused-ring (bicyclic) bond motifs is 7. The summed E-state index contributed by atoms with van der Waals surface area (Å²) in [5, 5.41) is 1.06. The van der Waals surface area contributed by atoms with Gasteiger partial charge in [0.2, 0.25) is 0 Å². The van der Waals surface area contributed by atoms with Crippen molar-refractivity contribution in [2.75, 3.05) is 12.4 Å². The Morgan fingerprint density at radius 1 is 1.03 bits per heavy atom. The highest BCUT2D eigenvalue weighted by Gasteiger charge is 2.70. The zero-order valence-corrected chi connectivity index (χ0v) is 24.7. The number of ether oxygens (including phenoxy) is 1. The van der Waals surface area contributed by atoms with Crippen LogP contribution in [0.2, 0.25) is 0 Å². The number of ketones is 1. The van der Waals surface area contributed by atoms with E-state index < -0.39 is 5.41 Å². The molecular formula is C31H47BrO3. The molecule has 4 saturated carbocycles. The highest BCUT2D eigenvalue weighted by molar-refractivity contribution is 9.09. The largest absolute Gasteiger partial charge is 0.469 e. The Kier molecular flexibility index (Phi) is 6.07. The fraction of sp³-hybridized carbons (Fsp3) is 0.871. The van der Waals surface area contributed by atoms with Crippen LogP contribution in [-0.2, 0) is 14.3 Å². The molecule has 4 heteroatoms. The number of esters is 1. The molecule has 5 rings (SSSR count). The minimum atomic E-state index is -0.486. The average molecular weight is 548 g/mol. The molecule has 10 atom stereocenters. The first kappa shape index (κ1) is 26.0. The van der Waals surface area contributed by atoms with E-state index in [1.165, 1.54) is 38.4 Å². The van der Waals surface area contributed by atoms with Crippen LogP contribution in [0.1, 0.15) is 99.3 Å². The van der Waals surface area contributed by atoms with Crippen molar-refractivity contribution >= 4 is 27.7 Å². The predicted octanol–water partition coefficient (Wildman–Crippen LogP) is 7.76. The van der Waals surface area contributed by atoms with Gasteiger partial charge in [0.15, 0.2) is 5.78 Å². The molecular weight excluding hydrogens is 500 g/mol. The first-order valence-electron chi connectivity index (χ1n) is 14.2. The molecule has 5 aliphatic rings. The number of hydrogen-bond acceptors (Lipinski definition) is 3. The van der Waals surface area contributed by atoms with Gasteiger partial charge < -0.3 is 4.74 Å². The number of methoxy groups -OCH3 is 1. The molecule has 0 aromatic rings. The van der Waals surface area contributed by atoms with Gasteiger partial charge in [0.1, 0.15) is 0 Å². The topological polar surface area (TPSA) is 43.4 Å². The summed E-state index contributed by atoms with van der Waals surface area (Å²) in [6, 6.07) is 0. The first-order chi connectivity index (χ1) is 16.3. The summed E-state index contributed by atoms with van der Waals surface area (Å²) in [4.78, 5) is 27.4. The van der Waals surface area contributed by atoms with Gasteiger partial charge in [0, 0.05) is 11.2 Å². The van der Waals surface area contributed by atoms with Gasteiger partial charge >= 0.3 is 5.97 Å². The third-order valence-corrected chi connectivity index (χ3v) is 14.0. The van der Waals surface area contributed by atoms with E-state index in [9.17, 15) is 9.59 Å². The van der Waals surface area contributed by atoms with Crippen molar-refractivity contribution in [3.05, 3.63) is 11.6 Å². The van der Waals surface area contributed by atoms with Crippen molar-refractivity contribution in [1.82, 2.24) is 0 Å². The van der Waals surface area contributed by atoms with Crippen LogP contribution in [0.5, 0.6) is 0 Å². The number of carbonyl (C=O) groups is 2. The highest BCUT2D eigenvalue weighted by Crippen LogP contribution is 2.75. The van der Waals surface area contributed by atoms with E-state index in [1.807, 2.05) is 0 Å². The fourth-order valence-corrected chi connectivity index (χ4v) is 12.0. The van der Waals surface area contributed by atoms with Crippen LogP contribution < -0.4 is 0 Å². The smallest absolute Gasteiger partial charge is 0.311 e. The lowest BCUT2D eigenvalue weighted by molar-refractivity contribution is -0.198. The Morgan fingerprint density at radius 2 is 1.74 bits per heavy atom. The van der Waals surface area contributed by atoms with Crippen molar-refractivity contribution in [2.24, 2.45) is 56.7 Å². The molecule has 0 heterocycles. The maximum atomic E-state index is 14.4. The summed E-state index contributed by atoms with van der Waals surface area (Å²) in [5.74, 6) is 2.25. The van der Waals surface area contributed by atoms with Crippen LogP contribution in [0.3, 0.4) is 0 Å². The summed E-state index contributed by atoms with van der Waals surface area (Å²) in [6.07, 6.45) is 12.2. The van der Waals surface area contributed by atoms with E-state index in [1.54, 1.807) is 0 Å². The van der Waals surface area contributed by atoms with Crippen molar-refractivity contribution in [3.63, 3.8) is 0 Å². The number of alkyl halides is 1. The van der Waals surface area contributed by atoms with Gasteiger partial charge in [-0.25, -0.2) is 0 Å². The molecule has 0 saturated heterocycles. The monoisotopic (exact) mass is 546 g/mol. The molecule has 0 radical (unpaired) electrons. The maximum Gasteiger partial charge on any atom is 0.311 e. The second-order valence-electron chi connectivity index (χ2n) is 14.5. The van der Waals surface area contributed by atoms with Gasteiger partial charge in [-0.2, -0.15) is 0 Å². The summed E-state index contributed by atoms with van der Waals surface area (Å²) in [5.41, 5.74) is 1.14. The van der Waals surface area contributed by atoms with Crippen molar-refractivity contribution < 1.29 is 14.3 Å². The van der Waals surface area contributed by atoms with Crippen molar-refractivity contribution in [3.8, 4) is 0 Å². The SMILES string of the molecule is COC(=O)C1(C)CCC[C@@]2(C)C1CC[C@]1(C)[C@@H]2C(=O)C=C2[C@@H]3[C@@H](C)[C@H](CBr)CC[C@]3(C)CC[C@]21C. The molecule has 0 spiro atoms. The molecule has 5 aliphatic carbocycles. The van der Waals surface area contributed by atoms with E-state index >= 15 is 0 Å². The molecule has 0 bridgehead atoms. The lowest BCUT2D eigenvalue weighted by atomic mass is 9.33. The van der Waals surface area contributed by atoms with E-state index in [-0.39, 0.29) is 34.1 Å². The quantitative estimate of drug-likeness (QED) is 0.262. The van der Waals surface area contributed by atoms with E-state index in [0.717, 1.165) is 37.4 Å². The third-order valence-electron chi connectivity index (χ3n) is 13.2. The number of rotatable bonds is 2. The number of hydrogen-bond donors (Lipinski definition) is 0. The van der Waals surface area contributed by atoms with Gasteiger partial charge in [0.25, 0.3) is 0 Å². The minimum absolute atomic E-state index is 0.0120. The lowest BCUT2D eigenvalue weighted by Crippen LogP contribution is -2.66. The van der Waals surface area contributed by atoms with Gasteiger partial charge in [-0.1, -0.05) is 62.5 Å². The van der Waals surface area contributed by atoms with Crippen LogP contribution in [0.25, 0.3) is 0 Å². The molecule has 0 aliphatic heterocycles. The van der Waals surface area contributed by atoms with Gasteiger partial charge in [-0.05, 0) is 110 Å². The second-order valence-corrected chi connectivity index (χ2v) is 15.1. The van der Waals surface area contributed by atoms with Crippen molar-refractivity contribution in [1.29, 1.82) is 0 Å². The Morgan fingerprint density at radius 3 is 2.40 bits per heavy atom. The molecule has 0 amide bonds. The third kappa shape index (κ3) is 3.19. The first-order valence-corrected chi connectivity index (χ1v) is 15.3. The van der Waals surface area contributed by atoms with Crippen LogP contribution >= 0.6 is 15.9 Å². The van der Waals surface area contributed by atoms with Crippen LogP contribution in [0.4, 0.5) is 0 Å². The van der Waals surface area contributed by atoms with E-state index in [4.69, 9.17) is 4.74 Å². The standard InChI is InChI=1S/C31H47BrO3/c1-19-20(18-32)9-13-27(2)15-16-30(5)21(24(19)27)17-22(33)25-28(3)11-8-12-29(4,26(34)35-7)23(28)10-14-31(25,30)6/h17,19-20,23-25H,8-16,18H2,1-7H3/t19-,20-,23?,24-,25+,27+,28-,29?,30+,31+/m0/s1. The zero-order valence-electron chi connectivity index (χ0n) is 23.1. The normalized spacial score (nSPS) is 53.4. The lowest BCUT2D eigenvalue weighted by Gasteiger charge is -2.70. The molecule has 0 N–H and O–H groups in total. The van der Waals surface area contributed by atoms with Gasteiger partial charge in [-0.15, -0.1) is 0 Å². The van der Waals surface area contributed by atoms with E-state index in [2.05, 4.69) is 63.5 Å². The Hall–Kier alpha value is -0.640. The highest BCUT2D eigenvalue weighted by atomic mass is 79.9. The molecule has 2 unspecified atom stereocenters. The maximum absolute atomic E-state index is 14.4. The molecule has 35 heavy (non-hydrogen) atoms. The van der Waals surface area contributed by atoms with Crippen LogP contribution in [0.15, 0.2) is 11.6 Å². The van der Waals surface area contributed by atoms with Crippen LogP contribution in [-0.4, -0.2) is 24.2 Å². The van der Waals surface area contributed by atoms with E-state index in [0.29, 0.717) is 29.0 Å². The molecule has 3 nitrogen and oxygen atoms in total. The minimum Gasteiger partial charge on any atom is -0.469 e. The molecule has 0 aromatic heterocycles. The Bertz CT molecular complexity index is 957. The van der Waals surface area contributed by atoms with Crippen molar-refractivity contribution in [2.45, 2.75) is 99.3 Å². The number of carbonyl (C=O) groups excluding carboxylic acids is 2. The Balaban J connectivity index is 1.62. The number of allylic oxidation sites excluding steroid dienone is 2. The molecule has 196 valence electrons. The summed E-state index contributed by atoms with van der Waals surface area (Å²) < 4.78 is 5.34. The zero-order chi connectivity index (χ0) is 25.6. The van der Waals surface area contributed by atoms with Gasteiger partial charge in [0.05, 0.1) is 12.5 Å². The van der Waals surface area contributed by atoms with Gasteiger partial charge in [-0.3, -0.25) is 9.59 Å². The summed E-state index contributed by atoms with van der Waals surface area (Å²) >= 11 is 3.81. The Labute approximate surface area is 221 Å².